The minimum atomic E-state index is 0.881. The van der Waals surface area contributed by atoms with E-state index in [4.69, 9.17) is 4.98 Å². The highest BCUT2D eigenvalue weighted by Gasteiger charge is 2.12. The molecule has 4 nitrogen and oxygen atoms in total. The predicted octanol–water partition coefficient (Wildman–Crippen LogP) is 3.79. The van der Waals surface area contributed by atoms with E-state index in [2.05, 4.69) is 46.9 Å². The zero-order chi connectivity index (χ0) is 15.8. The third kappa shape index (κ3) is 2.32. The van der Waals surface area contributed by atoms with Gasteiger partial charge in [0.05, 0.1) is 17.2 Å². The summed E-state index contributed by atoms with van der Waals surface area (Å²) in [4.78, 5) is 4.82. The van der Waals surface area contributed by atoms with E-state index >= 15 is 0 Å². The van der Waals surface area contributed by atoms with Crippen molar-refractivity contribution in [2.45, 2.75) is 13.3 Å². The van der Waals surface area contributed by atoms with Crippen LogP contribution in [-0.2, 0) is 13.5 Å². The van der Waals surface area contributed by atoms with E-state index < -0.39 is 0 Å². The number of hydrogen-bond donors (Lipinski definition) is 0. The molecule has 0 bridgehead atoms. The van der Waals surface area contributed by atoms with Gasteiger partial charge in [0.2, 0.25) is 0 Å². The van der Waals surface area contributed by atoms with Gasteiger partial charge in [-0.05, 0) is 35.9 Å². The molecular weight excluding hydrogens is 284 g/mol. The molecule has 113 valence electrons. The second-order valence-corrected chi connectivity index (χ2v) is 5.58. The summed E-state index contributed by atoms with van der Waals surface area (Å²) in [5.74, 6) is 1.06. The third-order valence-corrected chi connectivity index (χ3v) is 4.03. The lowest BCUT2D eigenvalue weighted by atomic mass is 10.1. The summed E-state index contributed by atoms with van der Waals surface area (Å²) in [5, 5.41) is 4.25. The maximum atomic E-state index is 4.82. The molecule has 4 aromatic rings. The summed E-state index contributed by atoms with van der Waals surface area (Å²) in [7, 11) is 1.93. The van der Waals surface area contributed by atoms with E-state index in [0.717, 1.165) is 40.1 Å². The molecule has 0 aliphatic heterocycles. The van der Waals surface area contributed by atoms with Crippen LogP contribution in [-0.4, -0.2) is 19.3 Å². The molecule has 1 radical (unpaired) electrons. The lowest BCUT2D eigenvalue weighted by Crippen LogP contribution is -1.99. The van der Waals surface area contributed by atoms with Gasteiger partial charge in [-0.2, -0.15) is 5.10 Å². The van der Waals surface area contributed by atoms with E-state index in [1.54, 1.807) is 0 Å². The second-order valence-electron chi connectivity index (χ2n) is 5.58. The minimum Gasteiger partial charge on any atom is -0.296 e. The van der Waals surface area contributed by atoms with E-state index in [-0.39, 0.29) is 0 Å². The number of rotatable bonds is 3. The molecule has 0 atom stereocenters. The van der Waals surface area contributed by atoms with Crippen LogP contribution < -0.4 is 0 Å². The molecule has 2 aromatic heterocycles. The average Bonchev–Trinajstić information content (AvgIpc) is 3.18. The molecule has 0 saturated carbocycles. The van der Waals surface area contributed by atoms with Crippen LogP contribution in [0.25, 0.3) is 27.8 Å². The zero-order valence-corrected chi connectivity index (χ0v) is 13.2. The molecule has 0 spiro atoms. The van der Waals surface area contributed by atoms with Gasteiger partial charge in [0.25, 0.3) is 0 Å². The van der Waals surface area contributed by atoms with E-state index in [0.29, 0.717) is 0 Å². The number of fused-ring (bicyclic) bond motifs is 1. The largest absolute Gasteiger partial charge is 0.296 e. The maximum absolute atomic E-state index is 4.82. The fourth-order valence-electron chi connectivity index (χ4n) is 2.93. The first-order valence-corrected chi connectivity index (χ1v) is 7.73. The lowest BCUT2D eigenvalue weighted by molar-refractivity contribution is 0.768. The van der Waals surface area contributed by atoms with Crippen LogP contribution in [0, 0.1) is 6.07 Å². The van der Waals surface area contributed by atoms with Crippen LogP contribution in [0.3, 0.4) is 0 Å². The molecule has 0 amide bonds. The second kappa shape index (κ2) is 5.39. The molecule has 0 N–H and O–H groups in total. The van der Waals surface area contributed by atoms with Crippen molar-refractivity contribution in [2.75, 3.05) is 0 Å². The fourth-order valence-corrected chi connectivity index (χ4v) is 2.93. The molecule has 2 aromatic carbocycles. The summed E-state index contributed by atoms with van der Waals surface area (Å²) in [6.45, 7) is 2.13. The monoisotopic (exact) mass is 301 g/mol. The Labute approximate surface area is 135 Å². The van der Waals surface area contributed by atoms with Crippen molar-refractivity contribution in [1.82, 2.24) is 19.3 Å². The molecule has 0 saturated heterocycles. The minimum absolute atomic E-state index is 0.881. The van der Waals surface area contributed by atoms with Gasteiger partial charge in [0.1, 0.15) is 5.82 Å². The number of aromatic nitrogens is 4. The van der Waals surface area contributed by atoms with Gasteiger partial charge < -0.3 is 0 Å². The first-order valence-electron chi connectivity index (χ1n) is 7.73. The van der Waals surface area contributed by atoms with Crippen molar-refractivity contribution in [3.63, 3.8) is 0 Å². The zero-order valence-electron chi connectivity index (χ0n) is 13.2. The van der Waals surface area contributed by atoms with E-state index in [9.17, 15) is 0 Å². The van der Waals surface area contributed by atoms with Crippen LogP contribution >= 0.6 is 0 Å². The predicted molar refractivity (Wildman–Crippen MR) is 91.5 cm³/mol. The summed E-state index contributed by atoms with van der Waals surface area (Å²) < 4.78 is 4.02. The van der Waals surface area contributed by atoms with E-state index in [1.165, 1.54) is 0 Å². The first-order chi connectivity index (χ1) is 11.3. The lowest BCUT2D eigenvalue weighted by Gasteiger charge is -2.07. The fraction of sp³-hybridized carbons (Fsp3) is 0.158. The van der Waals surface area contributed by atoms with Crippen molar-refractivity contribution < 1.29 is 0 Å². The Morgan fingerprint density at radius 3 is 2.78 bits per heavy atom. The highest BCUT2D eigenvalue weighted by atomic mass is 15.2. The smallest absolute Gasteiger partial charge is 0.114 e. The summed E-state index contributed by atoms with van der Waals surface area (Å²) >= 11 is 0. The van der Waals surface area contributed by atoms with Crippen LogP contribution in [0.1, 0.15) is 12.7 Å². The Morgan fingerprint density at radius 1 is 1.17 bits per heavy atom. The van der Waals surface area contributed by atoms with Crippen molar-refractivity contribution in [2.24, 2.45) is 7.05 Å². The van der Waals surface area contributed by atoms with Gasteiger partial charge in [-0.25, -0.2) is 4.98 Å². The highest BCUT2D eigenvalue weighted by molar-refractivity contribution is 5.83. The van der Waals surface area contributed by atoms with Crippen LogP contribution in [0.15, 0.2) is 54.9 Å². The first kappa shape index (κ1) is 13.8. The van der Waals surface area contributed by atoms with Gasteiger partial charge in [-0.3, -0.25) is 9.25 Å². The Morgan fingerprint density at radius 2 is 2.09 bits per heavy atom. The number of hydrogen-bond acceptors (Lipinski definition) is 2. The number of aryl methyl sites for hydroxylation is 2. The number of benzene rings is 2. The van der Waals surface area contributed by atoms with Crippen LogP contribution in [0.2, 0.25) is 0 Å². The quantitative estimate of drug-likeness (QED) is 0.577. The number of nitrogens with zero attached hydrogens (tertiary/aromatic N) is 4. The summed E-state index contributed by atoms with van der Waals surface area (Å²) in [6, 6.07) is 17.5. The van der Waals surface area contributed by atoms with E-state index in [1.807, 2.05) is 42.3 Å². The van der Waals surface area contributed by atoms with Gasteiger partial charge in [-0.15, -0.1) is 0 Å². The molecule has 23 heavy (non-hydrogen) atoms. The van der Waals surface area contributed by atoms with Crippen molar-refractivity contribution >= 4 is 11.0 Å². The summed E-state index contributed by atoms with van der Waals surface area (Å²) in [5.41, 5.74) is 5.47. The van der Waals surface area contributed by atoms with Gasteiger partial charge in [0.15, 0.2) is 0 Å². The normalized spacial score (nSPS) is 11.2. The van der Waals surface area contributed by atoms with Crippen LogP contribution in [0.4, 0.5) is 0 Å². The molecule has 4 heteroatoms. The van der Waals surface area contributed by atoms with Gasteiger partial charge in [-0.1, -0.05) is 25.1 Å². The summed E-state index contributed by atoms with van der Waals surface area (Å²) in [6.07, 6.45) is 4.78. The van der Waals surface area contributed by atoms with Gasteiger partial charge >= 0.3 is 0 Å². The standard InChI is InChI=1S/C19H17N4/c1-3-19-21-17-11-14(15-12-20-22(2)13-15)9-10-18(17)23(19)16-7-5-4-6-8-16/h4-5,7-13H,3H2,1-2H3. The van der Waals surface area contributed by atoms with Crippen LogP contribution in [0.5, 0.6) is 0 Å². The number of imidazole rings is 1. The Bertz CT molecular complexity index is 964. The Hall–Kier alpha value is -2.88. The van der Waals surface area contributed by atoms with Crippen molar-refractivity contribution in [3.05, 3.63) is 66.7 Å². The van der Waals surface area contributed by atoms with Crippen molar-refractivity contribution in [1.29, 1.82) is 0 Å². The van der Waals surface area contributed by atoms with Crippen molar-refractivity contribution in [3.8, 4) is 16.8 Å². The SMILES string of the molecule is CCc1nc2cc(-c3cnn(C)c3)ccc2n1-c1c[c]ccc1. The molecule has 4 rings (SSSR count). The Balaban J connectivity index is 1.91. The highest BCUT2D eigenvalue weighted by Crippen LogP contribution is 2.27. The maximum Gasteiger partial charge on any atom is 0.114 e. The topological polar surface area (TPSA) is 35.6 Å². The molecule has 0 aliphatic carbocycles. The molecule has 2 heterocycles. The molecule has 0 fully saturated rings. The average molecular weight is 301 g/mol. The molecular formula is C19H17N4. The Kier molecular flexibility index (Phi) is 3.23. The molecule has 0 aliphatic rings. The third-order valence-electron chi connectivity index (χ3n) is 4.03. The molecule has 0 unspecified atom stereocenters. The van der Waals surface area contributed by atoms with Gasteiger partial charge in [0, 0.05) is 30.9 Å².